The van der Waals surface area contributed by atoms with E-state index >= 15 is 0 Å². The van der Waals surface area contributed by atoms with Gasteiger partial charge in [-0.1, -0.05) is 0 Å². The van der Waals surface area contributed by atoms with Crippen molar-refractivity contribution in [3.8, 4) is 0 Å². The molecule has 1 atom stereocenters. The molecule has 4 heteroatoms. The van der Waals surface area contributed by atoms with Crippen LogP contribution >= 0.6 is 0 Å². The number of rotatable bonds is 4. The molecule has 4 nitrogen and oxygen atoms in total. The Morgan fingerprint density at radius 1 is 1.83 bits per heavy atom. The summed E-state index contributed by atoms with van der Waals surface area (Å²) < 4.78 is 1.87. The van der Waals surface area contributed by atoms with Crippen molar-refractivity contribution in [2.75, 3.05) is 7.05 Å². The van der Waals surface area contributed by atoms with Crippen LogP contribution in [0.1, 0.15) is 5.69 Å². The Morgan fingerprint density at radius 3 is 3.00 bits per heavy atom. The van der Waals surface area contributed by atoms with Crippen molar-refractivity contribution < 1.29 is 4.79 Å². The van der Waals surface area contributed by atoms with Gasteiger partial charge in [-0.2, -0.15) is 0 Å². The molecule has 1 heterocycles. The van der Waals surface area contributed by atoms with Crippen molar-refractivity contribution in [2.24, 2.45) is 7.05 Å². The Morgan fingerprint density at radius 2 is 2.58 bits per heavy atom. The number of carbonyl (C=O) groups excluding carboxylic acids is 1. The van der Waals surface area contributed by atoms with E-state index < -0.39 is 0 Å². The molecule has 0 unspecified atom stereocenters. The highest BCUT2D eigenvalue weighted by Gasteiger charge is 2.06. The first-order chi connectivity index (χ1) is 5.76. The minimum Gasteiger partial charge on any atom is -0.340 e. The molecule has 0 aromatic carbocycles. The van der Waals surface area contributed by atoms with Crippen LogP contribution in [0.2, 0.25) is 0 Å². The Balaban J connectivity index is 2.56. The van der Waals surface area contributed by atoms with Crippen molar-refractivity contribution in [3.63, 3.8) is 0 Å². The van der Waals surface area contributed by atoms with Gasteiger partial charge in [-0.25, -0.2) is 4.98 Å². The monoisotopic (exact) mass is 167 g/mol. The fourth-order valence-electron chi connectivity index (χ4n) is 1.02. The van der Waals surface area contributed by atoms with E-state index in [1.165, 1.54) is 0 Å². The number of imidazole rings is 1. The average Bonchev–Trinajstić information content (AvgIpc) is 2.47. The number of nitrogens with zero attached hydrogens (tertiary/aromatic N) is 2. The summed E-state index contributed by atoms with van der Waals surface area (Å²) in [5, 5.41) is 2.89. The quantitative estimate of drug-likeness (QED) is 0.629. The van der Waals surface area contributed by atoms with Gasteiger partial charge in [0.15, 0.2) is 0 Å². The first kappa shape index (κ1) is 8.93. The lowest BCUT2D eigenvalue weighted by atomic mass is 10.2. The molecule has 0 radical (unpaired) electrons. The minimum absolute atomic E-state index is 0.125. The van der Waals surface area contributed by atoms with Crippen molar-refractivity contribution >= 4 is 6.29 Å². The zero-order chi connectivity index (χ0) is 8.97. The van der Waals surface area contributed by atoms with Crippen LogP contribution in [0, 0.1) is 0 Å². The molecule has 1 aromatic rings. The number of hydrogen-bond donors (Lipinski definition) is 1. The maximum absolute atomic E-state index is 10.5. The van der Waals surface area contributed by atoms with Gasteiger partial charge >= 0.3 is 0 Å². The molecule has 0 aliphatic heterocycles. The second kappa shape index (κ2) is 4.01. The van der Waals surface area contributed by atoms with Gasteiger partial charge in [-0.15, -0.1) is 0 Å². The van der Waals surface area contributed by atoms with Gasteiger partial charge in [0.05, 0.1) is 18.1 Å². The third-order valence-electron chi connectivity index (χ3n) is 1.72. The summed E-state index contributed by atoms with van der Waals surface area (Å²) in [7, 11) is 3.67. The van der Waals surface area contributed by atoms with E-state index in [1.54, 1.807) is 13.4 Å². The van der Waals surface area contributed by atoms with Crippen molar-refractivity contribution in [1.82, 2.24) is 14.9 Å². The molecule has 1 aromatic heterocycles. The van der Waals surface area contributed by atoms with Crippen molar-refractivity contribution in [2.45, 2.75) is 12.5 Å². The first-order valence-corrected chi connectivity index (χ1v) is 3.85. The van der Waals surface area contributed by atoms with E-state index in [-0.39, 0.29) is 6.04 Å². The Bertz CT molecular complexity index is 257. The molecule has 0 spiro atoms. The second-order valence-electron chi connectivity index (χ2n) is 2.77. The van der Waals surface area contributed by atoms with Gasteiger partial charge in [-0.05, 0) is 7.05 Å². The van der Waals surface area contributed by atoms with E-state index in [2.05, 4.69) is 10.3 Å². The Hall–Kier alpha value is -1.16. The van der Waals surface area contributed by atoms with Crippen LogP contribution in [-0.2, 0) is 18.3 Å². The molecule has 0 saturated heterocycles. The van der Waals surface area contributed by atoms with Crippen LogP contribution in [0.15, 0.2) is 12.5 Å². The average molecular weight is 167 g/mol. The smallest absolute Gasteiger partial charge is 0.137 e. The fraction of sp³-hybridized carbons (Fsp3) is 0.500. The fourth-order valence-corrected chi connectivity index (χ4v) is 1.02. The molecule has 0 amide bonds. The number of hydrogen-bond acceptors (Lipinski definition) is 3. The zero-order valence-corrected chi connectivity index (χ0v) is 7.32. The van der Waals surface area contributed by atoms with Crippen LogP contribution < -0.4 is 5.32 Å². The number of aryl methyl sites for hydroxylation is 1. The molecule has 0 aliphatic rings. The van der Waals surface area contributed by atoms with Crippen molar-refractivity contribution in [3.05, 3.63) is 18.2 Å². The molecule has 1 rings (SSSR count). The summed E-state index contributed by atoms with van der Waals surface area (Å²) in [4.78, 5) is 14.6. The van der Waals surface area contributed by atoms with Crippen LogP contribution in [-0.4, -0.2) is 28.9 Å². The topological polar surface area (TPSA) is 46.9 Å². The summed E-state index contributed by atoms with van der Waals surface area (Å²) in [6.45, 7) is 0. The molecule has 0 saturated carbocycles. The van der Waals surface area contributed by atoms with Crippen molar-refractivity contribution in [1.29, 1.82) is 0 Å². The highest BCUT2D eigenvalue weighted by atomic mass is 16.1. The molecule has 0 fully saturated rings. The third kappa shape index (κ3) is 2.17. The summed E-state index contributed by atoms with van der Waals surface area (Å²) in [6, 6.07) is -0.125. The van der Waals surface area contributed by atoms with Gasteiger partial charge in [0.25, 0.3) is 0 Å². The largest absolute Gasteiger partial charge is 0.340 e. The van der Waals surface area contributed by atoms with Gasteiger partial charge in [-0.3, -0.25) is 0 Å². The van der Waals surface area contributed by atoms with Gasteiger partial charge in [0.2, 0.25) is 0 Å². The molecule has 0 bridgehead atoms. The molecular formula is C8H13N3O. The molecular weight excluding hydrogens is 154 g/mol. The van der Waals surface area contributed by atoms with Gasteiger partial charge in [0, 0.05) is 19.7 Å². The highest BCUT2D eigenvalue weighted by Crippen LogP contribution is 1.97. The normalized spacial score (nSPS) is 12.8. The summed E-state index contributed by atoms with van der Waals surface area (Å²) in [5.41, 5.74) is 0.934. The van der Waals surface area contributed by atoms with Gasteiger partial charge in [0.1, 0.15) is 6.29 Å². The SMILES string of the molecule is CN[C@H](C=O)Cc1cn(C)cn1. The lowest BCUT2D eigenvalue weighted by Crippen LogP contribution is -2.28. The first-order valence-electron chi connectivity index (χ1n) is 3.85. The lowest BCUT2D eigenvalue weighted by molar-refractivity contribution is -0.109. The predicted octanol–water partition coefficient (Wildman–Crippen LogP) is -0.251. The molecule has 12 heavy (non-hydrogen) atoms. The van der Waals surface area contributed by atoms with E-state index in [9.17, 15) is 4.79 Å². The predicted molar refractivity (Wildman–Crippen MR) is 45.8 cm³/mol. The van der Waals surface area contributed by atoms with E-state index in [1.807, 2.05) is 17.8 Å². The number of carbonyl (C=O) groups is 1. The summed E-state index contributed by atoms with van der Waals surface area (Å²) in [6.07, 6.45) is 5.19. The van der Waals surface area contributed by atoms with E-state index in [0.29, 0.717) is 6.42 Å². The number of likely N-dealkylation sites (N-methyl/N-ethyl adjacent to an activating group) is 1. The van der Waals surface area contributed by atoms with Crippen LogP contribution in [0.5, 0.6) is 0 Å². The van der Waals surface area contributed by atoms with Crippen LogP contribution in [0.25, 0.3) is 0 Å². The van der Waals surface area contributed by atoms with E-state index in [0.717, 1.165) is 12.0 Å². The van der Waals surface area contributed by atoms with E-state index in [4.69, 9.17) is 0 Å². The summed E-state index contributed by atoms with van der Waals surface area (Å²) >= 11 is 0. The number of aldehydes is 1. The summed E-state index contributed by atoms with van der Waals surface area (Å²) in [5.74, 6) is 0. The maximum atomic E-state index is 10.5. The minimum atomic E-state index is -0.125. The van der Waals surface area contributed by atoms with Crippen LogP contribution in [0.4, 0.5) is 0 Å². The highest BCUT2D eigenvalue weighted by molar-refractivity contribution is 5.57. The molecule has 66 valence electrons. The lowest BCUT2D eigenvalue weighted by Gasteiger charge is -2.04. The number of nitrogens with one attached hydrogen (secondary N) is 1. The van der Waals surface area contributed by atoms with Gasteiger partial charge < -0.3 is 14.7 Å². The number of aromatic nitrogens is 2. The van der Waals surface area contributed by atoms with Crippen LogP contribution in [0.3, 0.4) is 0 Å². The molecule has 1 N–H and O–H groups in total. The maximum Gasteiger partial charge on any atom is 0.137 e. The third-order valence-corrected chi connectivity index (χ3v) is 1.72. The Kier molecular flexibility index (Phi) is 2.99. The standard InChI is InChI=1S/C8H13N3O/c1-9-8(5-12)3-7-4-11(2)6-10-7/h4-6,8-9H,3H2,1-2H3/t8-/m0/s1. The zero-order valence-electron chi connectivity index (χ0n) is 7.32. The second-order valence-corrected chi connectivity index (χ2v) is 2.77. The molecule has 0 aliphatic carbocycles. The Labute approximate surface area is 71.6 Å².